The van der Waals surface area contributed by atoms with Crippen molar-refractivity contribution in [3.63, 3.8) is 0 Å². The van der Waals surface area contributed by atoms with Crippen molar-refractivity contribution in [2.75, 3.05) is 18.6 Å². The van der Waals surface area contributed by atoms with Crippen LogP contribution in [-0.4, -0.2) is 35.0 Å². The Balaban J connectivity index is 1.82. The normalized spacial score (nSPS) is 15.0. The van der Waals surface area contributed by atoms with E-state index in [0.29, 0.717) is 32.0 Å². The summed E-state index contributed by atoms with van der Waals surface area (Å²) in [4.78, 5) is 25.1. The molecule has 0 spiro atoms. The fourth-order valence-corrected chi connectivity index (χ4v) is 4.08. The number of methoxy groups -OCH3 is 1. The Morgan fingerprint density at radius 2 is 2.07 bits per heavy atom. The first-order valence-electron chi connectivity index (χ1n) is 8.56. The number of anilines is 1. The summed E-state index contributed by atoms with van der Waals surface area (Å²) in [6.07, 6.45) is 1.51. The van der Waals surface area contributed by atoms with Crippen molar-refractivity contribution in [3.8, 4) is 11.5 Å². The minimum Gasteiger partial charge on any atom is -0.493 e. The molecular weight excluding hydrogens is 453 g/mol. The van der Waals surface area contributed by atoms with Crippen molar-refractivity contribution in [2.45, 2.75) is 6.42 Å². The maximum Gasteiger partial charge on any atom is 0.306 e. The lowest BCUT2D eigenvalue weighted by Crippen LogP contribution is -2.27. The zero-order chi connectivity index (χ0) is 21.8. The molecule has 1 saturated heterocycles. The number of rotatable bonds is 7. The third-order valence-electron chi connectivity index (χ3n) is 4.01. The second-order valence-corrected chi connectivity index (χ2v) is 8.10. The molecule has 2 aromatic carbocycles. The lowest BCUT2D eigenvalue weighted by molar-refractivity contribution is -0.137. The van der Waals surface area contributed by atoms with Gasteiger partial charge in [0.15, 0.2) is 15.8 Å². The Labute approximate surface area is 186 Å². The van der Waals surface area contributed by atoms with E-state index in [2.05, 4.69) is 0 Å². The summed E-state index contributed by atoms with van der Waals surface area (Å²) < 4.78 is 24.4. The molecule has 0 aliphatic carbocycles. The quantitative estimate of drug-likeness (QED) is 0.465. The lowest BCUT2D eigenvalue weighted by atomic mass is 10.1. The van der Waals surface area contributed by atoms with Crippen LogP contribution >= 0.6 is 35.6 Å². The van der Waals surface area contributed by atoms with Gasteiger partial charge in [-0.2, -0.15) is 0 Å². The number of carboxylic acids is 1. The number of carboxylic acid groups (broad SMARTS) is 1. The first-order chi connectivity index (χ1) is 14.3. The van der Waals surface area contributed by atoms with Gasteiger partial charge in [-0.15, -0.1) is 0 Å². The summed E-state index contributed by atoms with van der Waals surface area (Å²) in [7, 11) is 1.46. The number of carbonyl (C=O) groups excluding carboxylic acids is 1. The van der Waals surface area contributed by atoms with E-state index in [0.717, 1.165) is 11.8 Å². The van der Waals surface area contributed by atoms with E-state index in [1.165, 1.54) is 30.2 Å². The van der Waals surface area contributed by atoms with Crippen LogP contribution in [0.4, 0.5) is 10.1 Å². The van der Waals surface area contributed by atoms with Gasteiger partial charge in [0.2, 0.25) is 0 Å². The number of halogens is 2. The minimum atomic E-state index is -0.963. The average Bonchev–Trinajstić information content (AvgIpc) is 2.98. The van der Waals surface area contributed by atoms with E-state index in [1.54, 1.807) is 24.3 Å². The standard InChI is InChI=1S/C20H15ClFNO5S2/c1-27-16-8-11(2-5-15(16)28-7-6-18(24)25)9-17-19(26)23(20(29)30-17)12-3-4-14(22)13(21)10-12/h2-5,8-10H,6-7H2,1H3,(H,24,25)/b17-9+. The number of benzene rings is 2. The van der Waals surface area contributed by atoms with Gasteiger partial charge >= 0.3 is 5.97 Å². The molecule has 1 aliphatic heterocycles. The van der Waals surface area contributed by atoms with E-state index >= 15 is 0 Å². The summed E-state index contributed by atoms with van der Waals surface area (Å²) in [5.41, 5.74) is 1.04. The molecule has 1 N–H and O–H groups in total. The molecule has 0 atom stereocenters. The third kappa shape index (κ3) is 4.92. The Kier molecular flexibility index (Phi) is 6.96. The molecule has 156 valence electrons. The highest BCUT2D eigenvalue weighted by Gasteiger charge is 2.33. The first kappa shape index (κ1) is 22.1. The highest BCUT2D eigenvalue weighted by Crippen LogP contribution is 2.38. The summed E-state index contributed by atoms with van der Waals surface area (Å²) in [5.74, 6) is -1.11. The number of thioether (sulfide) groups is 1. The molecule has 0 unspecified atom stereocenters. The number of nitrogens with zero attached hydrogens (tertiary/aromatic N) is 1. The molecule has 30 heavy (non-hydrogen) atoms. The second-order valence-electron chi connectivity index (χ2n) is 6.02. The monoisotopic (exact) mass is 467 g/mol. The zero-order valence-electron chi connectivity index (χ0n) is 15.6. The van der Waals surface area contributed by atoms with Crippen LogP contribution in [0.3, 0.4) is 0 Å². The number of aliphatic carboxylic acids is 1. The SMILES string of the molecule is COc1cc(/C=C2/SC(=S)N(c3ccc(F)c(Cl)c3)C2=O)ccc1OCCC(=O)O. The van der Waals surface area contributed by atoms with Crippen LogP contribution in [0.2, 0.25) is 5.02 Å². The molecule has 0 bridgehead atoms. The first-order valence-corrected chi connectivity index (χ1v) is 10.2. The average molecular weight is 468 g/mol. The Morgan fingerprint density at radius 1 is 1.30 bits per heavy atom. The molecule has 10 heteroatoms. The smallest absolute Gasteiger partial charge is 0.306 e. The van der Waals surface area contributed by atoms with Crippen LogP contribution in [0.25, 0.3) is 6.08 Å². The fourth-order valence-electron chi connectivity index (χ4n) is 2.61. The van der Waals surface area contributed by atoms with Crippen LogP contribution < -0.4 is 14.4 Å². The number of amides is 1. The van der Waals surface area contributed by atoms with Crippen LogP contribution in [-0.2, 0) is 9.59 Å². The van der Waals surface area contributed by atoms with E-state index in [1.807, 2.05) is 0 Å². The highest BCUT2D eigenvalue weighted by atomic mass is 35.5. The molecular formula is C20H15ClFNO5S2. The van der Waals surface area contributed by atoms with Gasteiger partial charge in [-0.3, -0.25) is 14.5 Å². The van der Waals surface area contributed by atoms with Gasteiger partial charge < -0.3 is 14.6 Å². The van der Waals surface area contributed by atoms with Gasteiger partial charge in [0.05, 0.1) is 35.8 Å². The van der Waals surface area contributed by atoms with Gasteiger partial charge in [0, 0.05) is 0 Å². The van der Waals surface area contributed by atoms with Crippen molar-refractivity contribution in [2.24, 2.45) is 0 Å². The van der Waals surface area contributed by atoms with Crippen LogP contribution in [0, 0.1) is 5.82 Å². The predicted octanol–water partition coefficient (Wildman–Crippen LogP) is 4.75. The maximum absolute atomic E-state index is 13.4. The maximum atomic E-state index is 13.4. The van der Waals surface area contributed by atoms with Gasteiger partial charge in [-0.25, -0.2) is 4.39 Å². The van der Waals surface area contributed by atoms with E-state index in [4.69, 9.17) is 38.4 Å². The second kappa shape index (κ2) is 9.46. The molecule has 0 saturated carbocycles. The third-order valence-corrected chi connectivity index (χ3v) is 5.61. The number of hydrogen-bond acceptors (Lipinski definition) is 6. The Morgan fingerprint density at radius 3 is 2.73 bits per heavy atom. The van der Waals surface area contributed by atoms with Crippen molar-refractivity contribution in [3.05, 3.63) is 57.7 Å². The van der Waals surface area contributed by atoms with Crippen LogP contribution in [0.5, 0.6) is 11.5 Å². The summed E-state index contributed by atoms with van der Waals surface area (Å²) in [5, 5.41) is 8.60. The van der Waals surface area contributed by atoms with Crippen molar-refractivity contribution in [1.29, 1.82) is 0 Å². The molecule has 1 aliphatic rings. The molecule has 1 amide bonds. The van der Waals surface area contributed by atoms with E-state index < -0.39 is 11.8 Å². The van der Waals surface area contributed by atoms with Crippen molar-refractivity contribution in [1.82, 2.24) is 0 Å². The zero-order valence-corrected chi connectivity index (χ0v) is 17.9. The number of hydrogen-bond donors (Lipinski definition) is 1. The number of thiocarbonyl (C=S) groups is 1. The van der Waals surface area contributed by atoms with Crippen molar-refractivity contribution < 1.29 is 28.6 Å². The van der Waals surface area contributed by atoms with Gasteiger partial charge in [0.25, 0.3) is 5.91 Å². The van der Waals surface area contributed by atoms with E-state index in [9.17, 15) is 14.0 Å². The molecule has 1 heterocycles. The van der Waals surface area contributed by atoms with Crippen molar-refractivity contribution >= 4 is 63.5 Å². The number of carbonyl (C=O) groups is 2. The Bertz CT molecular complexity index is 1060. The van der Waals surface area contributed by atoms with Gasteiger partial charge in [0.1, 0.15) is 5.82 Å². The van der Waals surface area contributed by atoms with Gasteiger partial charge in [-0.05, 0) is 42.0 Å². The molecule has 3 rings (SSSR count). The summed E-state index contributed by atoms with van der Waals surface area (Å²) in [6, 6.07) is 8.95. The molecule has 0 radical (unpaired) electrons. The highest BCUT2D eigenvalue weighted by molar-refractivity contribution is 8.27. The molecule has 0 aromatic heterocycles. The van der Waals surface area contributed by atoms with Crippen LogP contribution in [0.15, 0.2) is 41.3 Å². The summed E-state index contributed by atoms with van der Waals surface area (Å²) in [6.45, 7) is 0.00390. The minimum absolute atomic E-state index is 0.00390. The lowest BCUT2D eigenvalue weighted by Gasteiger charge is -2.14. The van der Waals surface area contributed by atoms with Crippen LogP contribution in [0.1, 0.15) is 12.0 Å². The Hall–Kier alpha value is -2.62. The molecule has 6 nitrogen and oxygen atoms in total. The predicted molar refractivity (Wildman–Crippen MR) is 118 cm³/mol. The molecule has 1 fully saturated rings. The van der Waals surface area contributed by atoms with E-state index in [-0.39, 0.29) is 24.0 Å². The topological polar surface area (TPSA) is 76.1 Å². The molecule has 2 aromatic rings. The largest absolute Gasteiger partial charge is 0.493 e. The fraction of sp³-hybridized carbons (Fsp3) is 0.150. The number of ether oxygens (including phenoxy) is 2. The summed E-state index contributed by atoms with van der Waals surface area (Å²) >= 11 is 12.2. The van der Waals surface area contributed by atoms with Gasteiger partial charge in [-0.1, -0.05) is 41.6 Å².